The van der Waals surface area contributed by atoms with Crippen molar-refractivity contribution in [2.45, 2.75) is 13.0 Å². The highest BCUT2D eigenvalue weighted by Gasteiger charge is 2.18. The van der Waals surface area contributed by atoms with Crippen molar-refractivity contribution in [2.24, 2.45) is 0 Å². The first-order chi connectivity index (χ1) is 8.79. The highest BCUT2D eigenvalue weighted by Crippen LogP contribution is 2.31. The molecule has 1 aromatic carbocycles. The Morgan fingerprint density at radius 2 is 2.11 bits per heavy atom. The van der Waals surface area contributed by atoms with Crippen molar-refractivity contribution in [3.05, 3.63) is 24.3 Å². The minimum atomic E-state index is 0.724. The molecule has 0 unspecified atom stereocenters. The zero-order chi connectivity index (χ0) is 12.5. The van der Waals surface area contributed by atoms with Crippen LogP contribution in [0.3, 0.4) is 0 Å². The van der Waals surface area contributed by atoms with E-state index in [0.29, 0.717) is 0 Å². The van der Waals surface area contributed by atoms with Gasteiger partial charge in [-0.25, -0.2) is 4.98 Å². The first kappa shape index (κ1) is 11.0. The fourth-order valence-electron chi connectivity index (χ4n) is 2.23. The number of nitrogen functional groups attached to an aromatic ring is 1. The van der Waals surface area contributed by atoms with Gasteiger partial charge in [0.15, 0.2) is 0 Å². The summed E-state index contributed by atoms with van der Waals surface area (Å²) in [6, 6.07) is 7.79. The number of rotatable bonds is 2. The number of methoxy groups -OCH3 is 1. The molecule has 0 saturated heterocycles. The van der Waals surface area contributed by atoms with E-state index < -0.39 is 0 Å². The second kappa shape index (κ2) is 4.25. The molecule has 1 aliphatic rings. The Balaban J connectivity index is 2.02. The Morgan fingerprint density at radius 1 is 1.33 bits per heavy atom. The number of nitrogens with two attached hydrogens (primary N) is 1. The van der Waals surface area contributed by atoms with Crippen molar-refractivity contribution in [1.82, 2.24) is 9.55 Å². The minimum absolute atomic E-state index is 0.724. The first-order valence-corrected chi connectivity index (χ1v) is 6.04. The summed E-state index contributed by atoms with van der Waals surface area (Å²) in [6.07, 6.45) is 1.08. The lowest BCUT2D eigenvalue weighted by atomic mass is 10.1. The number of benzene rings is 1. The van der Waals surface area contributed by atoms with Crippen LogP contribution in [0, 0.1) is 0 Å². The Bertz CT molecular complexity index is 559. The zero-order valence-corrected chi connectivity index (χ0v) is 10.3. The summed E-state index contributed by atoms with van der Waals surface area (Å²) in [7, 11) is 1.66. The summed E-state index contributed by atoms with van der Waals surface area (Å²) in [5.41, 5.74) is 8.00. The van der Waals surface area contributed by atoms with Gasteiger partial charge >= 0.3 is 0 Å². The van der Waals surface area contributed by atoms with E-state index >= 15 is 0 Å². The maximum absolute atomic E-state index is 6.16. The average Bonchev–Trinajstić information content (AvgIpc) is 2.77. The third kappa shape index (κ3) is 1.68. The topological polar surface area (TPSA) is 65.1 Å². The maximum Gasteiger partial charge on any atom is 0.205 e. The van der Waals surface area contributed by atoms with Gasteiger partial charge < -0.3 is 15.8 Å². The molecule has 94 valence electrons. The van der Waals surface area contributed by atoms with E-state index in [0.717, 1.165) is 48.3 Å². The van der Waals surface area contributed by atoms with Gasteiger partial charge in [0.1, 0.15) is 17.3 Å². The molecule has 0 atom stereocenters. The number of ether oxygens (including phenoxy) is 1. The number of fused-ring (bicyclic) bond motifs is 1. The van der Waals surface area contributed by atoms with Crippen molar-refractivity contribution < 1.29 is 4.74 Å². The van der Waals surface area contributed by atoms with Gasteiger partial charge in [0.25, 0.3) is 0 Å². The Kier molecular flexibility index (Phi) is 2.59. The van der Waals surface area contributed by atoms with Gasteiger partial charge in [-0.1, -0.05) is 0 Å². The molecule has 0 amide bonds. The normalized spacial score (nSPS) is 13.8. The van der Waals surface area contributed by atoms with Gasteiger partial charge in [0.2, 0.25) is 5.95 Å². The molecule has 18 heavy (non-hydrogen) atoms. The van der Waals surface area contributed by atoms with Gasteiger partial charge in [-0.05, 0) is 30.7 Å². The predicted molar refractivity (Wildman–Crippen MR) is 71.7 cm³/mol. The van der Waals surface area contributed by atoms with Crippen LogP contribution in [0.15, 0.2) is 24.3 Å². The average molecular weight is 244 g/mol. The van der Waals surface area contributed by atoms with Gasteiger partial charge in [0.05, 0.1) is 7.11 Å². The fraction of sp³-hybridized carbons (Fsp3) is 0.308. The molecule has 0 aliphatic carbocycles. The second-order valence-electron chi connectivity index (χ2n) is 4.33. The largest absolute Gasteiger partial charge is 0.497 e. The van der Waals surface area contributed by atoms with E-state index in [2.05, 4.69) is 10.3 Å². The standard InChI is InChI=1S/C13H16N4O/c1-18-10-5-3-9(4-6-10)11-12(14)17-8-2-7-15-13(17)16-11/h3-6H,2,7-8,14H2,1H3,(H,15,16). The number of hydrogen-bond acceptors (Lipinski definition) is 4. The Morgan fingerprint density at radius 3 is 2.78 bits per heavy atom. The van der Waals surface area contributed by atoms with Gasteiger partial charge in [-0.3, -0.25) is 4.57 Å². The third-order valence-corrected chi connectivity index (χ3v) is 3.21. The predicted octanol–water partition coefficient (Wildman–Crippen LogP) is 1.96. The molecule has 5 heteroatoms. The number of aromatic nitrogens is 2. The van der Waals surface area contributed by atoms with Crippen LogP contribution in [0.4, 0.5) is 11.8 Å². The van der Waals surface area contributed by atoms with E-state index in [1.807, 2.05) is 28.8 Å². The van der Waals surface area contributed by atoms with Crippen LogP contribution in [0.2, 0.25) is 0 Å². The van der Waals surface area contributed by atoms with E-state index in [9.17, 15) is 0 Å². The number of anilines is 2. The van der Waals surface area contributed by atoms with Crippen LogP contribution in [0.1, 0.15) is 6.42 Å². The second-order valence-corrected chi connectivity index (χ2v) is 4.33. The Labute approximate surface area is 106 Å². The molecule has 5 nitrogen and oxygen atoms in total. The summed E-state index contributed by atoms with van der Waals surface area (Å²) in [5, 5.41) is 3.26. The molecule has 0 bridgehead atoms. The lowest BCUT2D eigenvalue weighted by molar-refractivity contribution is 0.415. The fourth-order valence-corrected chi connectivity index (χ4v) is 2.23. The molecule has 0 radical (unpaired) electrons. The number of hydrogen-bond donors (Lipinski definition) is 2. The molecular weight excluding hydrogens is 228 g/mol. The molecule has 3 N–H and O–H groups in total. The van der Waals surface area contributed by atoms with Crippen LogP contribution in [-0.2, 0) is 6.54 Å². The van der Waals surface area contributed by atoms with Crippen molar-refractivity contribution in [3.8, 4) is 17.0 Å². The van der Waals surface area contributed by atoms with Crippen molar-refractivity contribution in [3.63, 3.8) is 0 Å². The van der Waals surface area contributed by atoms with Gasteiger partial charge in [0, 0.05) is 18.7 Å². The van der Waals surface area contributed by atoms with Gasteiger partial charge in [-0.2, -0.15) is 0 Å². The van der Waals surface area contributed by atoms with Crippen LogP contribution in [0.25, 0.3) is 11.3 Å². The minimum Gasteiger partial charge on any atom is -0.497 e. The van der Waals surface area contributed by atoms with E-state index in [1.165, 1.54) is 0 Å². The molecule has 2 heterocycles. The molecule has 2 aromatic rings. The summed E-state index contributed by atoms with van der Waals surface area (Å²) in [5.74, 6) is 2.42. The zero-order valence-electron chi connectivity index (χ0n) is 10.3. The van der Waals surface area contributed by atoms with Crippen molar-refractivity contribution in [1.29, 1.82) is 0 Å². The number of nitrogens with zero attached hydrogens (tertiary/aromatic N) is 2. The van der Waals surface area contributed by atoms with Crippen molar-refractivity contribution >= 4 is 11.8 Å². The molecule has 3 rings (SSSR count). The van der Waals surface area contributed by atoms with E-state index in [1.54, 1.807) is 7.11 Å². The number of imidazole rings is 1. The monoisotopic (exact) mass is 244 g/mol. The van der Waals surface area contributed by atoms with Crippen LogP contribution < -0.4 is 15.8 Å². The quantitative estimate of drug-likeness (QED) is 0.847. The number of nitrogens with one attached hydrogen (secondary N) is 1. The molecule has 1 aromatic heterocycles. The van der Waals surface area contributed by atoms with Crippen molar-refractivity contribution in [2.75, 3.05) is 24.7 Å². The first-order valence-electron chi connectivity index (χ1n) is 6.04. The van der Waals surface area contributed by atoms with E-state index in [4.69, 9.17) is 10.5 Å². The van der Waals surface area contributed by atoms with Gasteiger partial charge in [-0.15, -0.1) is 0 Å². The summed E-state index contributed by atoms with van der Waals surface area (Å²) >= 11 is 0. The maximum atomic E-state index is 6.16. The highest BCUT2D eigenvalue weighted by atomic mass is 16.5. The third-order valence-electron chi connectivity index (χ3n) is 3.21. The SMILES string of the molecule is COc1ccc(-c2nc3n(c2N)CCCN3)cc1. The Hall–Kier alpha value is -2.17. The van der Waals surface area contributed by atoms with Crippen LogP contribution in [-0.4, -0.2) is 23.2 Å². The smallest absolute Gasteiger partial charge is 0.205 e. The van der Waals surface area contributed by atoms with E-state index in [-0.39, 0.29) is 0 Å². The molecule has 0 spiro atoms. The highest BCUT2D eigenvalue weighted by molar-refractivity contribution is 5.73. The molecule has 1 aliphatic heterocycles. The summed E-state index contributed by atoms with van der Waals surface area (Å²) < 4.78 is 7.18. The molecule has 0 saturated carbocycles. The molecular formula is C13H16N4O. The summed E-state index contributed by atoms with van der Waals surface area (Å²) in [4.78, 5) is 4.56. The lowest BCUT2D eigenvalue weighted by Crippen LogP contribution is -2.18. The van der Waals surface area contributed by atoms with Crippen LogP contribution >= 0.6 is 0 Å². The molecule has 0 fully saturated rings. The van der Waals surface area contributed by atoms with Crippen LogP contribution in [0.5, 0.6) is 5.75 Å². The lowest BCUT2D eigenvalue weighted by Gasteiger charge is -2.15. The summed E-state index contributed by atoms with van der Waals surface area (Å²) in [6.45, 7) is 1.88.